The van der Waals surface area contributed by atoms with E-state index in [4.69, 9.17) is 5.73 Å². The van der Waals surface area contributed by atoms with Crippen LogP contribution in [0.15, 0.2) is 72.8 Å². The Balaban J connectivity index is 1.56. The van der Waals surface area contributed by atoms with Crippen LogP contribution in [0.4, 0.5) is 15.9 Å². The highest BCUT2D eigenvalue weighted by atomic mass is 19.1. The zero-order valence-electron chi connectivity index (χ0n) is 16.7. The minimum absolute atomic E-state index is 0.159. The second-order valence-electron chi connectivity index (χ2n) is 7.52. The summed E-state index contributed by atoms with van der Waals surface area (Å²) in [5, 5.41) is 12.3. The number of amides is 1. The maximum absolute atomic E-state index is 14.2. The van der Waals surface area contributed by atoms with Gasteiger partial charge in [-0.05, 0) is 64.7 Å². The molecule has 4 aromatic carbocycles. The van der Waals surface area contributed by atoms with E-state index in [0.29, 0.717) is 11.4 Å². The molecule has 0 radical (unpaired) electrons. The summed E-state index contributed by atoms with van der Waals surface area (Å²) in [6.07, 6.45) is 0. The summed E-state index contributed by atoms with van der Waals surface area (Å²) in [7, 11) is 0. The summed E-state index contributed by atoms with van der Waals surface area (Å²) in [4.78, 5) is 12.9. The Morgan fingerprint density at radius 2 is 1.87 bits per heavy atom. The molecule has 31 heavy (non-hydrogen) atoms. The van der Waals surface area contributed by atoms with Gasteiger partial charge in [-0.25, -0.2) is 4.39 Å². The highest BCUT2D eigenvalue weighted by Gasteiger charge is 2.14. The fourth-order valence-electron chi connectivity index (χ4n) is 3.90. The standard InChI is InChI=1S/C25H19FN4O/c1-14-8-11-21(20(26)12-14)28-25(31)19-6-2-4-15-13-16(9-10-17(15)19)18-5-3-7-22-23(18)24(27)30-29-22/h2-13H,1H3,(H,28,31)(H3,27,29,30). The zero-order chi connectivity index (χ0) is 21.5. The molecular weight excluding hydrogens is 391 g/mol. The summed E-state index contributed by atoms with van der Waals surface area (Å²) in [6, 6.07) is 22.0. The van der Waals surface area contributed by atoms with E-state index >= 15 is 0 Å². The third-order valence-corrected chi connectivity index (χ3v) is 5.43. The number of halogens is 1. The molecule has 1 amide bonds. The second kappa shape index (κ2) is 7.25. The van der Waals surface area contributed by atoms with Gasteiger partial charge in [-0.3, -0.25) is 9.89 Å². The fourth-order valence-corrected chi connectivity index (χ4v) is 3.90. The fraction of sp³-hybridized carbons (Fsp3) is 0.0400. The molecule has 0 spiro atoms. The van der Waals surface area contributed by atoms with Gasteiger partial charge in [0, 0.05) is 5.56 Å². The summed E-state index contributed by atoms with van der Waals surface area (Å²) in [6.45, 7) is 1.80. The van der Waals surface area contributed by atoms with E-state index in [0.717, 1.165) is 38.4 Å². The Bertz CT molecular complexity index is 1470. The SMILES string of the molecule is Cc1ccc(NC(=O)c2cccc3cc(-c4cccc5[nH]nc(N)c45)ccc23)c(F)c1. The minimum Gasteiger partial charge on any atom is -0.382 e. The van der Waals surface area contributed by atoms with Crippen LogP contribution in [0.25, 0.3) is 32.8 Å². The molecular formula is C25H19FN4O. The van der Waals surface area contributed by atoms with Crippen molar-refractivity contribution in [2.75, 3.05) is 11.1 Å². The Hall–Kier alpha value is -4.19. The first-order valence-electron chi connectivity index (χ1n) is 9.84. The normalized spacial score (nSPS) is 11.2. The molecule has 1 aromatic heterocycles. The van der Waals surface area contributed by atoms with Gasteiger partial charge in [0.15, 0.2) is 5.82 Å². The highest BCUT2D eigenvalue weighted by Crippen LogP contribution is 2.33. The van der Waals surface area contributed by atoms with Gasteiger partial charge in [-0.2, -0.15) is 5.10 Å². The smallest absolute Gasteiger partial charge is 0.256 e. The molecule has 5 aromatic rings. The lowest BCUT2D eigenvalue weighted by atomic mass is 9.96. The van der Waals surface area contributed by atoms with Gasteiger partial charge in [0.2, 0.25) is 0 Å². The Kier molecular flexibility index (Phi) is 4.40. The van der Waals surface area contributed by atoms with E-state index in [1.165, 1.54) is 6.07 Å². The molecule has 0 aliphatic carbocycles. The maximum Gasteiger partial charge on any atom is 0.256 e. The average molecular weight is 410 g/mol. The Labute approximate surface area is 177 Å². The third-order valence-electron chi connectivity index (χ3n) is 5.43. The van der Waals surface area contributed by atoms with Crippen LogP contribution in [0.2, 0.25) is 0 Å². The number of nitrogens with one attached hydrogen (secondary N) is 2. The highest BCUT2D eigenvalue weighted by molar-refractivity contribution is 6.13. The molecule has 152 valence electrons. The summed E-state index contributed by atoms with van der Waals surface area (Å²) >= 11 is 0. The van der Waals surface area contributed by atoms with Gasteiger partial charge in [0.1, 0.15) is 5.82 Å². The van der Waals surface area contributed by atoms with Crippen LogP contribution < -0.4 is 11.1 Å². The number of nitrogen functional groups attached to an aromatic ring is 1. The van der Waals surface area contributed by atoms with Gasteiger partial charge in [-0.1, -0.05) is 42.5 Å². The van der Waals surface area contributed by atoms with E-state index in [1.807, 2.05) is 48.5 Å². The van der Waals surface area contributed by atoms with Crippen LogP contribution in [-0.2, 0) is 0 Å². The van der Waals surface area contributed by atoms with Crippen molar-refractivity contribution in [3.05, 3.63) is 89.7 Å². The van der Waals surface area contributed by atoms with Gasteiger partial charge >= 0.3 is 0 Å². The van der Waals surface area contributed by atoms with Crippen molar-refractivity contribution in [2.24, 2.45) is 0 Å². The number of hydrogen-bond donors (Lipinski definition) is 3. The predicted molar refractivity (Wildman–Crippen MR) is 123 cm³/mol. The first-order valence-corrected chi connectivity index (χ1v) is 9.84. The molecule has 5 rings (SSSR count). The van der Waals surface area contributed by atoms with Gasteiger partial charge in [-0.15, -0.1) is 0 Å². The van der Waals surface area contributed by atoms with Crippen molar-refractivity contribution >= 4 is 39.1 Å². The molecule has 0 saturated heterocycles. The van der Waals surface area contributed by atoms with Gasteiger partial charge in [0.25, 0.3) is 5.91 Å². The minimum atomic E-state index is -0.457. The van der Waals surface area contributed by atoms with Crippen molar-refractivity contribution in [1.29, 1.82) is 0 Å². The summed E-state index contributed by atoms with van der Waals surface area (Å²) in [5.74, 6) is -0.372. The summed E-state index contributed by atoms with van der Waals surface area (Å²) < 4.78 is 14.2. The van der Waals surface area contributed by atoms with Crippen LogP contribution in [0.5, 0.6) is 0 Å². The number of rotatable bonds is 3. The molecule has 0 bridgehead atoms. The molecule has 0 atom stereocenters. The van der Waals surface area contributed by atoms with Crippen molar-refractivity contribution in [3.8, 4) is 11.1 Å². The molecule has 0 fully saturated rings. The van der Waals surface area contributed by atoms with E-state index in [1.54, 1.807) is 25.1 Å². The van der Waals surface area contributed by atoms with Crippen LogP contribution in [0.3, 0.4) is 0 Å². The molecule has 1 heterocycles. The topological polar surface area (TPSA) is 83.8 Å². The number of anilines is 2. The molecule has 5 nitrogen and oxygen atoms in total. The van der Waals surface area contributed by atoms with Crippen LogP contribution in [0, 0.1) is 12.7 Å². The molecule has 0 unspecified atom stereocenters. The Morgan fingerprint density at radius 3 is 2.71 bits per heavy atom. The van der Waals surface area contributed by atoms with Crippen LogP contribution >= 0.6 is 0 Å². The van der Waals surface area contributed by atoms with Crippen molar-refractivity contribution in [3.63, 3.8) is 0 Å². The lowest BCUT2D eigenvalue weighted by Crippen LogP contribution is -2.13. The second-order valence-corrected chi connectivity index (χ2v) is 7.52. The van der Waals surface area contributed by atoms with Crippen LogP contribution in [-0.4, -0.2) is 16.1 Å². The molecule has 4 N–H and O–H groups in total. The lowest BCUT2D eigenvalue weighted by molar-refractivity contribution is 0.102. The zero-order valence-corrected chi connectivity index (χ0v) is 16.7. The first kappa shape index (κ1) is 18.8. The Morgan fingerprint density at radius 1 is 1.03 bits per heavy atom. The number of aromatic amines is 1. The van der Waals surface area contributed by atoms with E-state index in [2.05, 4.69) is 15.5 Å². The monoisotopic (exact) mass is 410 g/mol. The number of hydrogen-bond acceptors (Lipinski definition) is 3. The number of H-pyrrole nitrogens is 1. The van der Waals surface area contributed by atoms with Crippen molar-refractivity contribution < 1.29 is 9.18 Å². The molecule has 6 heteroatoms. The third kappa shape index (κ3) is 3.28. The number of nitrogens with two attached hydrogens (primary N) is 1. The van der Waals surface area contributed by atoms with Crippen molar-refractivity contribution in [1.82, 2.24) is 10.2 Å². The van der Waals surface area contributed by atoms with Gasteiger partial charge < -0.3 is 11.1 Å². The van der Waals surface area contributed by atoms with Crippen LogP contribution in [0.1, 0.15) is 15.9 Å². The molecule has 0 aliphatic heterocycles. The lowest BCUT2D eigenvalue weighted by Gasteiger charge is -2.11. The number of carbonyl (C=O) groups excluding carboxylic acids is 1. The van der Waals surface area contributed by atoms with E-state index < -0.39 is 5.82 Å². The van der Waals surface area contributed by atoms with Gasteiger partial charge in [0.05, 0.1) is 16.6 Å². The average Bonchev–Trinajstić information content (AvgIpc) is 3.16. The first-order chi connectivity index (χ1) is 15.0. The number of fused-ring (bicyclic) bond motifs is 2. The number of aromatic nitrogens is 2. The molecule has 0 saturated carbocycles. The number of nitrogens with zero attached hydrogens (tertiary/aromatic N) is 1. The number of benzene rings is 4. The number of carbonyl (C=O) groups is 1. The maximum atomic E-state index is 14.2. The van der Waals surface area contributed by atoms with E-state index in [9.17, 15) is 9.18 Å². The van der Waals surface area contributed by atoms with Crippen molar-refractivity contribution in [2.45, 2.75) is 6.92 Å². The van der Waals surface area contributed by atoms with E-state index in [-0.39, 0.29) is 11.6 Å². The summed E-state index contributed by atoms with van der Waals surface area (Å²) in [5.41, 5.74) is 10.3. The predicted octanol–water partition coefficient (Wildman–Crippen LogP) is 5.67. The molecule has 0 aliphatic rings. The largest absolute Gasteiger partial charge is 0.382 e. The number of aryl methyl sites for hydroxylation is 1. The quantitative estimate of drug-likeness (QED) is 0.359.